The molecule has 3 rings (SSSR count). The van der Waals surface area contributed by atoms with Gasteiger partial charge in [0.25, 0.3) is 0 Å². The Morgan fingerprint density at radius 2 is 1.85 bits per heavy atom. The van der Waals surface area contributed by atoms with E-state index in [1.54, 1.807) is 0 Å². The number of hydrogen-bond donors (Lipinski definition) is 2. The molecule has 0 bridgehead atoms. The first-order valence-electron chi connectivity index (χ1n) is 9.61. The molecule has 0 unspecified atom stereocenters. The average Bonchev–Trinajstić information content (AvgIpc) is 3.12. The number of likely N-dealkylation sites (tertiary alicyclic amines) is 1. The van der Waals surface area contributed by atoms with E-state index in [-0.39, 0.29) is 36.6 Å². The van der Waals surface area contributed by atoms with Crippen LogP contribution in [0.1, 0.15) is 37.7 Å². The van der Waals surface area contributed by atoms with Gasteiger partial charge in [-0.15, -0.1) is 24.8 Å². The first kappa shape index (κ1) is 24.5. The summed E-state index contributed by atoms with van der Waals surface area (Å²) in [7, 11) is 0. The van der Waals surface area contributed by atoms with E-state index >= 15 is 0 Å². The molecular formula is C20H32Cl3N3O. The van der Waals surface area contributed by atoms with Crippen molar-refractivity contribution in [3.05, 3.63) is 34.9 Å². The number of halogens is 3. The van der Waals surface area contributed by atoms with Gasteiger partial charge < -0.3 is 11.1 Å². The molecule has 2 fully saturated rings. The molecule has 1 aliphatic heterocycles. The van der Waals surface area contributed by atoms with Crippen LogP contribution >= 0.6 is 36.4 Å². The van der Waals surface area contributed by atoms with Crippen LogP contribution in [0.2, 0.25) is 5.02 Å². The highest BCUT2D eigenvalue weighted by Crippen LogP contribution is 2.31. The van der Waals surface area contributed by atoms with Gasteiger partial charge in [-0.1, -0.05) is 36.2 Å². The Balaban J connectivity index is 0.00000182. The van der Waals surface area contributed by atoms with Gasteiger partial charge in [0.05, 0.1) is 0 Å². The standard InChI is InChI=1S/C20H30ClN3O.2ClH/c21-19-7-2-1-4-17(19)14-24-10-8-15(9-11-24)13-23-20(25)18-6-3-5-16(18)12-22;;/h1-2,4,7,15-16,18H,3,5-6,8-14,22H2,(H,23,25);2*1H/t16-,18-;;/m1../s1. The number of nitrogens with zero attached hydrogens (tertiary/aromatic N) is 1. The van der Waals surface area contributed by atoms with Crippen LogP contribution in [0.15, 0.2) is 24.3 Å². The molecular weight excluding hydrogens is 405 g/mol. The summed E-state index contributed by atoms with van der Waals surface area (Å²) in [6.45, 7) is 4.51. The molecule has 1 saturated carbocycles. The summed E-state index contributed by atoms with van der Waals surface area (Å²) in [6.07, 6.45) is 5.52. The number of amides is 1. The van der Waals surface area contributed by atoms with Crippen LogP contribution < -0.4 is 11.1 Å². The molecule has 2 aliphatic rings. The Labute approximate surface area is 180 Å². The minimum atomic E-state index is 0. The summed E-state index contributed by atoms with van der Waals surface area (Å²) in [6, 6.07) is 8.07. The van der Waals surface area contributed by atoms with Crippen LogP contribution in [0.25, 0.3) is 0 Å². The zero-order valence-corrected chi connectivity index (χ0v) is 18.1. The molecule has 0 radical (unpaired) electrons. The van der Waals surface area contributed by atoms with Gasteiger partial charge in [0.15, 0.2) is 0 Å². The Morgan fingerprint density at radius 1 is 1.15 bits per heavy atom. The predicted octanol–water partition coefficient (Wildman–Crippen LogP) is 3.89. The predicted molar refractivity (Wildman–Crippen MR) is 117 cm³/mol. The lowest BCUT2D eigenvalue weighted by molar-refractivity contribution is -0.126. The number of nitrogens with one attached hydrogen (secondary N) is 1. The topological polar surface area (TPSA) is 58.4 Å². The van der Waals surface area contributed by atoms with Crippen LogP contribution in [0.4, 0.5) is 0 Å². The Hall–Kier alpha value is -0.520. The lowest BCUT2D eigenvalue weighted by Crippen LogP contribution is -2.41. The van der Waals surface area contributed by atoms with Crippen molar-refractivity contribution < 1.29 is 4.79 Å². The zero-order valence-electron chi connectivity index (χ0n) is 15.7. The monoisotopic (exact) mass is 435 g/mol. The molecule has 1 amide bonds. The summed E-state index contributed by atoms with van der Waals surface area (Å²) in [5, 5.41) is 4.05. The van der Waals surface area contributed by atoms with Crippen molar-refractivity contribution in [2.75, 3.05) is 26.2 Å². The van der Waals surface area contributed by atoms with E-state index in [0.29, 0.717) is 18.4 Å². The number of benzene rings is 1. The number of rotatable bonds is 6. The van der Waals surface area contributed by atoms with Gasteiger partial charge in [-0.25, -0.2) is 0 Å². The Morgan fingerprint density at radius 3 is 2.52 bits per heavy atom. The number of piperidine rings is 1. The SMILES string of the molecule is Cl.Cl.NC[C@H]1CCC[C@H]1C(=O)NCC1CCN(Cc2ccccc2Cl)CC1. The van der Waals surface area contributed by atoms with Crippen LogP contribution in [-0.2, 0) is 11.3 Å². The fourth-order valence-corrected chi connectivity index (χ4v) is 4.45. The van der Waals surface area contributed by atoms with E-state index in [1.807, 2.05) is 18.2 Å². The van der Waals surface area contributed by atoms with Gasteiger partial charge in [0, 0.05) is 24.0 Å². The van der Waals surface area contributed by atoms with Gasteiger partial charge in [-0.2, -0.15) is 0 Å². The number of hydrogen-bond acceptors (Lipinski definition) is 3. The molecule has 1 heterocycles. The molecule has 1 saturated heterocycles. The lowest BCUT2D eigenvalue weighted by Gasteiger charge is -2.32. The summed E-state index contributed by atoms with van der Waals surface area (Å²) in [5.41, 5.74) is 6.99. The van der Waals surface area contributed by atoms with Crippen molar-refractivity contribution >= 4 is 42.3 Å². The van der Waals surface area contributed by atoms with E-state index in [1.165, 1.54) is 5.56 Å². The molecule has 1 aliphatic carbocycles. The third-order valence-corrected chi connectivity index (χ3v) is 6.29. The van der Waals surface area contributed by atoms with Crippen LogP contribution in [0.3, 0.4) is 0 Å². The molecule has 1 aromatic rings. The van der Waals surface area contributed by atoms with E-state index in [4.69, 9.17) is 17.3 Å². The van der Waals surface area contributed by atoms with Gasteiger partial charge in [0.2, 0.25) is 5.91 Å². The summed E-state index contributed by atoms with van der Waals surface area (Å²) >= 11 is 6.26. The first-order chi connectivity index (χ1) is 12.2. The Bertz CT molecular complexity index is 579. The molecule has 154 valence electrons. The van der Waals surface area contributed by atoms with Crippen molar-refractivity contribution in [2.45, 2.75) is 38.6 Å². The molecule has 0 spiro atoms. The van der Waals surface area contributed by atoms with Gasteiger partial charge in [0.1, 0.15) is 0 Å². The van der Waals surface area contributed by atoms with E-state index in [0.717, 1.165) is 63.3 Å². The van der Waals surface area contributed by atoms with Gasteiger partial charge >= 0.3 is 0 Å². The van der Waals surface area contributed by atoms with Crippen molar-refractivity contribution in [1.29, 1.82) is 0 Å². The smallest absolute Gasteiger partial charge is 0.223 e. The maximum absolute atomic E-state index is 12.4. The Kier molecular flexibility index (Phi) is 11.0. The number of carbonyl (C=O) groups is 1. The summed E-state index contributed by atoms with van der Waals surface area (Å²) in [4.78, 5) is 14.9. The van der Waals surface area contributed by atoms with E-state index in [2.05, 4.69) is 16.3 Å². The second-order valence-corrected chi connectivity index (χ2v) is 8.00. The van der Waals surface area contributed by atoms with E-state index < -0.39 is 0 Å². The normalized spacial score (nSPS) is 23.3. The third kappa shape index (κ3) is 6.79. The minimum absolute atomic E-state index is 0. The minimum Gasteiger partial charge on any atom is -0.356 e. The quantitative estimate of drug-likeness (QED) is 0.711. The highest BCUT2D eigenvalue weighted by Gasteiger charge is 2.32. The average molecular weight is 437 g/mol. The molecule has 3 N–H and O–H groups in total. The summed E-state index contributed by atoms with van der Waals surface area (Å²) in [5.74, 6) is 1.35. The van der Waals surface area contributed by atoms with Crippen LogP contribution in [0, 0.1) is 17.8 Å². The lowest BCUT2D eigenvalue weighted by atomic mass is 9.93. The van der Waals surface area contributed by atoms with Crippen LogP contribution in [0.5, 0.6) is 0 Å². The second kappa shape index (κ2) is 12.1. The zero-order chi connectivity index (χ0) is 17.6. The molecule has 1 aromatic carbocycles. The number of nitrogens with two attached hydrogens (primary N) is 1. The van der Waals surface area contributed by atoms with Crippen LogP contribution in [-0.4, -0.2) is 37.0 Å². The maximum atomic E-state index is 12.4. The van der Waals surface area contributed by atoms with Gasteiger partial charge in [-0.05, 0) is 68.8 Å². The maximum Gasteiger partial charge on any atom is 0.223 e. The van der Waals surface area contributed by atoms with E-state index in [9.17, 15) is 4.79 Å². The largest absolute Gasteiger partial charge is 0.356 e. The second-order valence-electron chi connectivity index (χ2n) is 7.59. The summed E-state index contributed by atoms with van der Waals surface area (Å²) < 4.78 is 0. The highest BCUT2D eigenvalue weighted by atomic mass is 35.5. The van der Waals surface area contributed by atoms with Crippen molar-refractivity contribution in [2.24, 2.45) is 23.5 Å². The molecule has 4 nitrogen and oxygen atoms in total. The van der Waals surface area contributed by atoms with Crippen molar-refractivity contribution in [3.63, 3.8) is 0 Å². The number of carbonyl (C=O) groups excluding carboxylic acids is 1. The highest BCUT2D eigenvalue weighted by molar-refractivity contribution is 6.31. The molecule has 2 atom stereocenters. The van der Waals surface area contributed by atoms with Crippen molar-refractivity contribution in [1.82, 2.24) is 10.2 Å². The molecule has 27 heavy (non-hydrogen) atoms. The third-order valence-electron chi connectivity index (χ3n) is 5.92. The molecule has 0 aromatic heterocycles. The van der Waals surface area contributed by atoms with Gasteiger partial charge in [-0.3, -0.25) is 9.69 Å². The fourth-order valence-electron chi connectivity index (χ4n) is 4.26. The fraction of sp³-hybridized carbons (Fsp3) is 0.650. The van der Waals surface area contributed by atoms with Crippen molar-refractivity contribution in [3.8, 4) is 0 Å². The first-order valence-corrected chi connectivity index (χ1v) is 9.98. The molecule has 7 heteroatoms.